The second-order valence-electron chi connectivity index (χ2n) is 4.57. The van der Waals surface area contributed by atoms with Crippen LogP contribution in [0.5, 0.6) is 0 Å². The van der Waals surface area contributed by atoms with Gasteiger partial charge in [0.1, 0.15) is 12.1 Å². The highest BCUT2D eigenvalue weighted by Crippen LogP contribution is 2.09. The van der Waals surface area contributed by atoms with Crippen LogP contribution in [0.2, 0.25) is 0 Å². The van der Waals surface area contributed by atoms with Crippen LogP contribution in [-0.2, 0) is 6.42 Å². The van der Waals surface area contributed by atoms with Crippen LogP contribution in [0.3, 0.4) is 0 Å². The van der Waals surface area contributed by atoms with Crippen LogP contribution in [0.1, 0.15) is 22.3 Å². The first-order chi connectivity index (χ1) is 9.29. The normalized spacial score (nSPS) is 10.2. The van der Waals surface area contributed by atoms with Crippen molar-refractivity contribution in [2.75, 3.05) is 18.5 Å². The van der Waals surface area contributed by atoms with Gasteiger partial charge in [-0.2, -0.15) is 0 Å². The molecule has 2 aromatic rings. The van der Waals surface area contributed by atoms with E-state index in [9.17, 15) is 4.79 Å². The molecule has 1 aromatic heterocycles. The molecule has 0 saturated heterocycles. The number of carbonyl (C=O) groups excluding carboxylic acids is 1. The third-order valence-electron chi connectivity index (χ3n) is 3.12. The lowest BCUT2D eigenvalue weighted by Gasteiger charge is -2.17. The predicted molar refractivity (Wildman–Crippen MR) is 77.7 cm³/mol. The number of pyridine rings is 1. The zero-order valence-electron chi connectivity index (χ0n) is 11.1. The fourth-order valence-corrected chi connectivity index (χ4v) is 1.98. The Morgan fingerprint density at radius 3 is 2.58 bits per heavy atom. The van der Waals surface area contributed by atoms with E-state index in [0.29, 0.717) is 0 Å². The number of benzene rings is 1. The molecule has 3 nitrogen and oxygen atoms in total. The number of hydrogen-bond acceptors (Lipinski definition) is 3. The molecule has 0 unspecified atom stereocenters. The van der Waals surface area contributed by atoms with Crippen molar-refractivity contribution in [3.63, 3.8) is 0 Å². The molecular formula is C16H18N2O. The number of aldehydes is 1. The van der Waals surface area contributed by atoms with Gasteiger partial charge in [0.2, 0.25) is 0 Å². The largest absolute Gasteiger partial charge is 0.360 e. The molecular weight excluding hydrogens is 236 g/mol. The van der Waals surface area contributed by atoms with E-state index in [1.54, 1.807) is 0 Å². The summed E-state index contributed by atoms with van der Waals surface area (Å²) in [6.45, 7) is 0.965. The number of aromatic nitrogens is 1. The highest BCUT2D eigenvalue weighted by atomic mass is 16.1. The van der Waals surface area contributed by atoms with E-state index in [0.717, 1.165) is 37.1 Å². The number of aryl methyl sites for hydroxylation is 1. The molecule has 0 N–H and O–H groups in total. The molecule has 0 spiro atoms. The average molecular weight is 254 g/mol. The van der Waals surface area contributed by atoms with E-state index in [1.165, 1.54) is 5.56 Å². The van der Waals surface area contributed by atoms with Gasteiger partial charge >= 0.3 is 0 Å². The van der Waals surface area contributed by atoms with Crippen LogP contribution in [0.25, 0.3) is 0 Å². The second-order valence-corrected chi connectivity index (χ2v) is 4.57. The number of rotatable bonds is 6. The smallest absolute Gasteiger partial charge is 0.150 e. The first-order valence-corrected chi connectivity index (χ1v) is 6.46. The van der Waals surface area contributed by atoms with Crippen molar-refractivity contribution in [1.29, 1.82) is 0 Å². The maximum Gasteiger partial charge on any atom is 0.150 e. The van der Waals surface area contributed by atoms with Gasteiger partial charge in [0.25, 0.3) is 0 Å². The summed E-state index contributed by atoms with van der Waals surface area (Å²) in [5.41, 5.74) is 1.99. The fraction of sp³-hybridized carbons (Fsp3) is 0.250. The van der Waals surface area contributed by atoms with E-state index >= 15 is 0 Å². The van der Waals surface area contributed by atoms with Gasteiger partial charge in [0, 0.05) is 25.4 Å². The lowest BCUT2D eigenvalue weighted by Crippen LogP contribution is -2.19. The van der Waals surface area contributed by atoms with Crippen molar-refractivity contribution >= 4 is 12.1 Å². The predicted octanol–water partition coefficient (Wildman–Crippen LogP) is 2.96. The minimum Gasteiger partial charge on any atom is -0.360 e. The molecule has 1 heterocycles. The average Bonchev–Trinajstić information content (AvgIpc) is 2.49. The van der Waals surface area contributed by atoms with Gasteiger partial charge < -0.3 is 4.90 Å². The molecule has 0 amide bonds. The maximum absolute atomic E-state index is 10.6. The summed E-state index contributed by atoms with van der Waals surface area (Å²) >= 11 is 0. The number of anilines is 1. The molecule has 0 aliphatic carbocycles. The maximum atomic E-state index is 10.6. The van der Waals surface area contributed by atoms with Crippen molar-refractivity contribution in [2.24, 2.45) is 0 Å². The van der Waals surface area contributed by atoms with Gasteiger partial charge in [-0.25, -0.2) is 4.98 Å². The van der Waals surface area contributed by atoms with Crippen LogP contribution >= 0.6 is 0 Å². The molecule has 0 fully saturated rings. The molecule has 0 atom stereocenters. The van der Waals surface area contributed by atoms with E-state index < -0.39 is 0 Å². The molecule has 1 aromatic carbocycles. The van der Waals surface area contributed by atoms with Crippen molar-refractivity contribution in [3.8, 4) is 0 Å². The van der Waals surface area contributed by atoms with E-state index in [-0.39, 0.29) is 0 Å². The minimum absolute atomic E-state index is 0.731. The van der Waals surface area contributed by atoms with E-state index in [1.807, 2.05) is 48.7 Å². The number of carbonyl (C=O) groups is 1. The quantitative estimate of drug-likeness (QED) is 0.743. The van der Waals surface area contributed by atoms with Gasteiger partial charge in [0.05, 0.1) is 0 Å². The summed E-state index contributed by atoms with van der Waals surface area (Å²) in [6, 6.07) is 13.7. The van der Waals surface area contributed by atoms with Crippen molar-refractivity contribution in [1.82, 2.24) is 4.98 Å². The zero-order valence-corrected chi connectivity index (χ0v) is 11.1. The Morgan fingerprint density at radius 1 is 1.16 bits per heavy atom. The summed E-state index contributed by atoms with van der Waals surface area (Å²) in [5.74, 6) is 0.999. The summed E-state index contributed by atoms with van der Waals surface area (Å²) < 4.78 is 0. The highest BCUT2D eigenvalue weighted by Gasteiger charge is 2.01. The minimum atomic E-state index is 0.731. The zero-order chi connectivity index (χ0) is 13.5. The van der Waals surface area contributed by atoms with Gasteiger partial charge in [-0.3, -0.25) is 4.79 Å². The summed E-state index contributed by atoms with van der Waals surface area (Å²) in [6.07, 6.45) is 4.76. The van der Waals surface area contributed by atoms with Crippen LogP contribution in [0.15, 0.2) is 48.7 Å². The molecule has 0 radical (unpaired) electrons. The Kier molecular flexibility index (Phi) is 4.67. The third kappa shape index (κ3) is 3.91. The second kappa shape index (κ2) is 6.69. The summed E-state index contributed by atoms with van der Waals surface area (Å²) in [7, 11) is 2.05. The Balaban J connectivity index is 1.81. The van der Waals surface area contributed by atoms with Gasteiger partial charge in [0.15, 0.2) is 0 Å². The monoisotopic (exact) mass is 254 g/mol. The number of hydrogen-bond donors (Lipinski definition) is 0. The molecule has 3 heteroatoms. The van der Waals surface area contributed by atoms with Crippen LogP contribution in [0, 0.1) is 0 Å². The number of nitrogens with zero attached hydrogens (tertiary/aromatic N) is 2. The van der Waals surface area contributed by atoms with Crippen molar-refractivity contribution < 1.29 is 4.79 Å². The van der Waals surface area contributed by atoms with Crippen molar-refractivity contribution in [2.45, 2.75) is 12.8 Å². The molecule has 19 heavy (non-hydrogen) atoms. The lowest BCUT2D eigenvalue weighted by atomic mass is 10.1. The Hall–Kier alpha value is -2.16. The lowest BCUT2D eigenvalue weighted by molar-refractivity contribution is 0.112. The topological polar surface area (TPSA) is 33.2 Å². The first-order valence-electron chi connectivity index (χ1n) is 6.46. The Labute approximate surface area is 113 Å². The van der Waals surface area contributed by atoms with Crippen LogP contribution in [0.4, 0.5) is 5.82 Å². The van der Waals surface area contributed by atoms with Crippen LogP contribution in [-0.4, -0.2) is 24.9 Å². The summed E-state index contributed by atoms with van der Waals surface area (Å²) in [4.78, 5) is 17.0. The van der Waals surface area contributed by atoms with Gasteiger partial charge in [-0.1, -0.05) is 30.3 Å². The van der Waals surface area contributed by atoms with E-state index in [2.05, 4.69) is 16.9 Å². The third-order valence-corrected chi connectivity index (χ3v) is 3.12. The fourth-order valence-electron chi connectivity index (χ4n) is 1.98. The molecule has 0 bridgehead atoms. The van der Waals surface area contributed by atoms with Gasteiger partial charge in [-0.05, 0) is 30.5 Å². The Bertz CT molecular complexity index is 508. The van der Waals surface area contributed by atoms with Crippen LogP contribution < -0.4 is 4.90 Å². The molecule has 0 saturated carbocycles. The molecule has 0 aliphatic rings. The van der Waals surface area contributed by atoms with Gasteiger partial charge in [-0.15, -0.1) is 0 Å². The highest BCUT2D eigenvalue weighted by molar-refractivity contribution is 5.74. The molecule has 0 aliphatic heterocycles. The van der Waals surface area contributed by atoms with Crippen molar-refractivity contribution in [3.05, 3.63) is 59.8 Å². The first kappa shape index (κ1) is 13.3. The summed E-state index contributed by atoms with van der Waals surface area (Å²) in [5, 5.41) is 0. The molecule has 2 rings (SSSR count). The SMILES string of the molecule is CN(CCCc1ccc(C=O)cc1)c1ccccn1. The van der Waals surface area contributed by atoms with E-state index in [4.69, 9.17) is 0 Å². The standard InChI is InChI=1S/C16H18N2O/c1-18(16-6-2-3-11-17-16)12-4-5-14-7-9-15(13-19)10-8-14/h2-3,6-11,13H,4-5,12H2,1H3. The molecule has 98 valence electrons. The Morgan fingerprint density at radius 2 is 1.95 bits per heavy atom.